The highest BCUT2D eigenvalue weighted by Crippen LogP contribution is 2.29. The van der Waals surface area contributed by atoms with E-state index in [-0.39, 0.29) is 5.92 Å². The van der Waals surface area contributed by atoms with E-state index in [1.165, 1.54) is 19.3 Å². The summed E-state index contributed by atoms with van der Waals surface area (Å²) >= 11 is 0. The lowest BCUT2D eigenvalue weighted by molar-refractivity contribution is -0.135. The highest BCUT2D eigenvalue weighted by Gasteiger charge is 2.32. The van der Waals surface area contributed by atoms with Crippen LogP contribution in [0.3, 0.4) is 0 Å². The molecule has 1 amide bonds. The molecule has 0 bridgehead atoms. The van der Waals surface area contributed by atoms with E-state index in [9.17, 15) is 4.79 Å². The van der Waals surface area contributed by atoms with Crippen LogP contribution in [0.2, 0.25) is 0 Å². The second kappa shape index (κ2) is 10.3. The number of aromatic amines is 1. The zero-order valence-electron chi connectivity index (χ0n) is 20.6. The molecule has 2 N–H and O–H groups in total. The number of anilines is 3. The minimum atomic E-state index is 0.248. The Bertz CT molecular complexity index is 977. The second-order valence-corrected chi connectivity index (χ2v) is 10.4. The molecule has 3 aliphatic rings. The second-order valence-electron chi connectivity index (χ2n) is 10.4. The van der Waals surface area contributed by atoms with E-state index in [1.807, 2.05) is 19.1 Å². The maximum Gasteiger partial charge on any atom is 0.225 e. The Labute approximate surface area is 202 Å². The van der Waals surface area contributed by atoms with Crippen molar-refractivity contribution in [2.45, 2.75) is 51.9 Å². The number of likely N-dealkylation sites (N-methyl/N-ethyl adjacent to an activating group) is 1. The van der Waals surface area contributed by atoms with Crippen molar-refractivity contribution in [1.82, 2.24) is 30.0 Å². The van der Waals surface area contributed by atoms with Crippen LogP contribution in [0.5, 0.6) is 0 Å². The van der Waals surface area contributed by atoms with Gasteiger partial charge in [-0.2, -0.15) is 5.10 Å². The van der Waals surface area contributed by atoms with Crippen molar-refractivity contribution in [2.75, 3.05) is 56.5 Å². The van der Waals surface area contributed by atoms with Crippen molar-refractivity contribution in [3.05, 3.63) is 23.7 Å². The Hall–Kier alpha value is -2.68. The van der Waals surface area contributed by atoms with Crippen LogP contribution >= 0.6 is 0 Å². The molecule has 2 aromatic rings. The minimum Gasteiger partial charge on any atom is -0.354 e. The van der Waals surface area contributed by atoms with Gasteiger partial charge in [-0.05, 0) is 39.2 Å². The number of carbonyl (C=O) groups excluding carboxylic acids is 1. The van der Waals surface area contributed by atoms with Gasteiger partial charge in [0.15, 0.2) is 5.82 Å². The number of carbonyl (C=O) groups is 1. The van der Waals surface area contributed by atoms with Crippen LogP contribution in [0, 0.1) is 18.8 Å². The zero-order chi connectivity index (χ0) is 23.5. The number of aryl methyl sites for hydroxylation is 1. The predicted molar refractivity (Wildman–Crippen MR) is 133 cm³/mol. The summed E-state index contributed by atoms with van der Waals surface area (Å²) in [4.78, 5) is 29.6. The van der Waals surface area contributed by atoms with Gasteiger partial charge in [-0.1, -0.05) is 19.3 Å². The molecule has 184 valence electrons. The molecule has 1 saturated carbocycles. The van der Waals surface area contributed by atoms with E-state index in [2.05, 4.69) is 37.3 Å². The first-order valence-corrected chi connectivity index (χ1v) is 12.9. The number of H-pyrrole nitrogens is 1. The maximum atomic E-state index is 13.0. The normalized spacial score (nSPS) is 22.4. The molecule has 1 aliphatic carbocycles. The molecule has 9 nitrogen and oxygen atoms in total. The largest absolute Gasteiger partial charge is 0.354 e. The summed E-state index contributed by atoms with van der Waals surface area (Å²) in [6.45, 7) is 7.67. The lowest BCUT2D eigenvalue weighted by Crippen LogP contribution is -2.45. The summed E-state index contributed by atoms with van der Waals surface area (Å²) in [7, 11) is 2.16. The van der Waals surface area contributed by atoms with Crippen LogP contribution in [0.4, 0.5) is 17.5 Å². The van der Waals surface area contributed by atoms with Crippen molar-refractivity contribution in [3.63, 3.8) is 0 Å². The van der Waals surface area contributed by atoms with Gasteiger partial charge in [-0.3, -0.25) is 9.89 Å². The first-order chi connectivity index (χ1) is 16.5. The van der Waals surface area contributed by atoms with E-state index in [1.54, 1.807) is 0 Å². The van der Waals surface area contributed by atoms with Crippen LogP contribution in [0.25, 0.3) is 0 Å². The number of hydrogen-bond donors (Lipinski definition) is 2. The molecule has 2 saturated heterocycles. The number of likely N-dealkylation sites (tertiary alicyclic amines) is 1. The molecule has 1 atom stereocenters. The molecule has 2 aromatic heterocycles. The number of aromatic nitrogens is 4. The number of nitrogens with zero attached hydrogens (tertiary/aromatic N) is 6. The van der Waals surface area contributed by atoms with Gasteiger partial charge in [0.2, 0.25) is 5.91 Å². The summed E-state index contributed by atoms with van der Waals surface area (Å²) in [5, 5.41) is 10.6. The van der Waals surface area contributed by atoms with Crippen molar-refractivity contribution in [3.8, 4) is 0 Å². The van der Waals surface area contributed by atoms with Gasteiger partial charge in [0.1, 0.15) is 17.5 Å². The minimum absolute atomic E-state index is 0.248. The summed E-state index contributed by atoms with van der Waals surface area (Å²) in [5.74, 6) is 4.40. The molecule has 3 fully saturated rings. The topological polar surface area (TPSA) is 93.3 Å². The number of hydrogen-bond acceptors (Lipinski definition) is 7. The Balaban J connectivity index is 1.29. The summed E-state index contributed by atoms with van der Waals surface area (Å²) in [5.41, 5.74) is 1.00. The van der Waals surface area contributed by atoms with Crippen LogP contribution < -0.4 is 10.2 Å². The summed E-state index contributed by atoms with van der Waals surface area (Å²) in [6, 6.07) is 4.01. The molecule has 9 heteroatoms. The molecule has 2 aliphatic heterocycles. The Morgan fingerprint density at radius 1 is 1.03 bits per heavy atom. The number of nitrogens with one attached hydrogen (secondary N) is 2. The lowest BCUT2D eigenvalue weighted by Gasteiger charge is -2.33. The van der Waals surface area contributed by atoms with Gasteiger partial charge in [0.05, 0.1) is 0 Å². The van der Waals surface area contributed by atoms with Crippen molar-refractivity contribution in [2.24, 2.45) is 11.8 Å². The fourth-order valence-corrected chi connectivity index (χ4v) is 5.51. The third kappa shape index (κ3) is 5.51. The van der Waals surface area contributed by atoms with Gasteiger partial charge >= 0.3 is 0 Å². The molecular formula is C25H38N8O. The third-order valence-electron chi connectivity index (χ3n) is 7.57. The zero-order valence-corrected chi connectivity index (χ0v) is 20.6. The third-order valence-corrected chi connectivity index (χ3v) is 7.57. The standard InChI is InChI=1S/C25H38N8O/c1-18-14-23(30-29-18)27-22-16-24(32-12-10-31(2)11-13-32)28-21(26-22)15-19-8-9-33(17-19)25(34)20-6-4-3-5-7-20/h14,16,19-20H,3-13,15,17H2,1-2H3,(H2,26,27,28,29,30). The summed E-state index contributed by atoms with van der Waals surface area (Å²) < 4.78 is 0. The van der Waals surface area contributed by atoms with Crippen LogP contribution in [0.1, 0.15) is 50.0 Å². The van der Waals surface area contributed by atoms with E-state index >= 15 is 0 Å². The van der Waals surface area contributed by atoms with Crippen LogP contribution in [-0.4, -0.2) is 82.2 Å². The average Bonchev–Trinajstić information content (AvgIpc) is 3.48. The fraction of sp³-hybridized carbons (Fsp3) is 0.680. The molecule has 34 heavy (non-hydrogen) atoms. The Morgan fingerprint density at radius 2 is 1.82 bits per heavy atom. The molecule has 0 aromatic carbocycles. The smallest absolute Gasteiger partial charge is 0.225 e. The summed E-state index contributed by atoms with van der Waals surface area (Å²) in [6.07, 6.45) is 7.64. The van der Waals surface area contributed by atoms with Gasteiger partial charge in [-0.15, -0.1) is 0 Å². The maximum absolute atomic E-state index is 13.0. The van der Waals surface area contributed by atoms with Gasteiger partial charge in [0, 0.05) is 69.4 Å². The van der Waals surface area contributed by atoms with Crippen LogP contribution in [-0.2, 0) is 11.2 Å². The van der Waals surface area contributed by atoms with E-state index in [0.29, 0.717) is 11.8 Å². The average molecular weight is 467 g/mol. The first-order valence-electron chi connectivity index (χ1n) is 12.9. The fourth-order valence-electron chi connectivity index (χ4n) is 5.51. The van der Waals surface area contributed by atoms with Crippen LogP contribution in [0.15, 0.2) is 12.1 Å². The van der Waals surface area contributed by atoms with Crippen molar-refractivity contribution >= 4 is 23.4 Å². The quantitative estimate of drug-likeness (QED) is 0.676. The molecule has 0 spiro atoms. The SMILES string of the molecule is Cc1cc(Nc2cc(N3CCN(C)CC3)nc(CC3CCN(C(=O)C4CCCCC4)C3)n2)n[nH]1. The van der Waals surface area contributed by atoms with Crippen molar-refractivity contribution in [1.29, 1.82) is 0 Å². The predicted octanol–water partition coefficient (Wildman–Crippen LogP) is 2.97. The molecule has 4 heterocycles. The van der Waals surface area contributed by atoms with E-state index in [0.717, 1.165) is 93.9 Å². The van der Waals surface area contributed by atoms with Gasteiger partial charge in [0.25, 0.3) is 0 Å². The molecule has 5 rings (SSSR count). The molecule has 0 radical (unpaired) electrons. The van der Waals surface area contributed by atoms with Gasteiger partial charge in [-0.25, -0.2) is 9.97 Å². The molecular weight excluding hydrogens is 428 g/mol. The van der Waals surface area contributed by atoms with Gasteiger partial charge < -0.3 is 20.0 Å². The first kappa shape index (κ1) is 23.1. The number of rotatable bonds is 6. The van der Waals surface area contributed by atoms with E-state index < -0.39 is 0 Å². The Kier molecular flexibility index (Phi) is 6.99. The lowest BCUT2D eigenvalue weighted by atomic mass is 9.88. The monoisotopic (exact) mass is 466 g/mol. The highest BCUT2D eigenvalue weighted by atomic mass is 16.2. The highest BCUT2D eigenvalue weighted by molar-refractivity contribution is 5.79. The number of amides is 1. The number of piperazine rings is 1. The molecule has 1 unspecified atom stereocenters. The van der Waals surface area contributed by atoms with Crippen molar-refractivity contribution < 1.29 is 4.79 Å². The Morgan fingerprint density at radius 3 is 2.56 bits per heavy atom. The van der Waals surface area contributed by atoms with E-state index in [4.69, 9.17) is 9.97 Å².